The highest BCUT2D eigenvalue weighted by Crippen LogP contribution is 2.27. The molecule has 52 heavy (non-hydrogen) atoms. The van der Waals surface area contributed by atoms with Crippen LogP contribution in [-0.4, -0.2) is 89.2 Å². The van der Waals surface area contributed by atoms with Gasteiger partial charge in [-0.3, -0.25) is 0 Å². The van der Waals surface area contributed by atoms with Crippen LogP contribution in [0.3, 0.4) is 0 Å². The third-order valence-electron chi connectivity index (χ3n) is 9.60. The van der Waals surface area contributed by atoms with Crippen molar-refractivity contribution in [3.05, 3.63) is 120 Å². The molecular formula is C44H64N6S2+4. The molecule has 2 heterocycles. The van der Waals surface area contributed by atoms with Gasteiger partial charge in [-0.1, -0.05) is 24.3 Å². The molecular weight excluding hydrogens is 677 g/mol. The third kappa shape index (κ3) is 13.8. The monoisotopic (exact) mass is 740 g/mol. The molecule has 0 aliphatic heterocycles. The molecule has 0 bridgehead atoms. The topological polar surface area (TPSA) is 14.2 Å². The van der Waals surface area contributed by atoms with Gasteiger partial charge >= 0.3 is 0 Å². The minimum absolute atomic E-state index is 0.971. The zero-order valence-corrected chi connectivity index (χ0v) is 34.8. The van der Waals surface area contributed by atoms with Crippen LogP contribution in [0.4, 0.5) is 11.4 Å². The van der Waals surface area contributed by atoms with Crippen molar-refractivity contribution in [1.82, 2.24) is 0 Å². The highest BCUT2D eigenvalue weighted by Gasteiger charge is 2.19. The first kappa shape index (κ1) is 41.2. The molecule has 4 aromatic rings. The molecule has 0 aliphatic rings. The van der Waals surface area contributed by atoms with E-state index in [-0.39, 0.29) is 0 Å². The highest BCUT2D eigenvalue weighted by molar-refractivity contribution is 8.76. The first-order valence-electron chi connectivity index (χ1n) is 18.8. The average Bonchev–Trinajstić information content (AvgIpc) is 3.15. The van der Waals surface area contributed by atoms with E-state index in [2.05, 4.69) is 197 Å². The zero-order chi connectivity index (χ0) is 37.4. The molecule has 0 saturated heterocycles. The maximum Gasteiger partial charge on any atom is 0.205 e. The summed E-state index contributed by atoms with van der Waals surface area (Å²) in [6.07, 6.45) is 15.4. The van der Waals surface area contributed by atoms with Gasteiger partial charge in [-0.25, -0.2) is 0 Å². The van der Waals surface area contributed by atoms with Crippen molar-refractivity contribution >= 4 is 57.3 Å². The van der Waals surface area contributed by atoms with Crippen molar-refractivity contribution < 1.29 is 18.1 Å². The molecule has 2 aromatic carbocycles. The Hall–Kier alpha value is -3.56. The number of hydrogen-bond donors (Lipinski definition) is 0. The fraction of sp³-hybridized carbons (Fsp3) is 0.409. The van der Waals surface area contributed by atoms with E-state index in [1.165, 1.54) is 59.8 Å². The van der Waals surface area contributed by atoms with Crippen LogP contribution in [0.25, 0.3) is 24.3 Å². The number of aryl methyl sites for hydroxylation is 2. The van der Waals surface area contributed by atoms with E-state index >= 15 is 0 Å². The summed E-state index contributed by atoms with van der Waals surface area (Å²) in [5.74, 6) is 2.24. The van der Waals surface area contributed by atoms with Gasteiger partial charge in [-0.15, -0.1) is 0 Å². The standard InChI is InChI=1S/C44H64N6S2/c1-9-47-33-13-11-17-43(47)29-23-39-19-25-41(26-20-39)45(3)31-15-35-49(5,6)37-51-52-38-50(7,8)36-16-32-46(4)42-27-21-40(22-28-42)24-30-44-18-12-14-34-48(44)10-2/h11-14,17-30,33-34H,9-10,15-16,31-32,35-38H2,1-8H3/q+4. The summed E-state index contributed by atoms with van der Waals surface area (Å²) < 4.78 is 6.57. The lowest BCUT2D eigenvalue weighted by Crippen LogP contribution is -2.42. The van der Waals surface area contributed by atoms with Gasteiger partial charge in [0.15, 0.2) is 12.4 Å². The third-order valence-corrected chi connectivity index (χ3v) is 12.5. The molecule has 0 unspecified atom stereocenters. The second kappa shape index (κ2) is 20.6. The second-order valence-electron chi connectivity index (χ2n) is 15.0. The lowest BCUT2D eigenvalue weighted by Gasteiger charge is -2.32. The van der Waals surface area contributed by atoms with E-state index in [4.69, 9.17) is 0 Å². The molecule has 0 fully saturated rings. The van der Waals surface area contributed by atoms with Crippen molar-refractivity contribution in [2.24, 2.45) is 0 Å². The average molecular weight is 741 g/mol. The summed E-state index contributed by atoms with van der Waals surface area (Å²) in [6.45, 7) is 10.7. The van der Waals surface area contributed by atoms with E-state index in [0.717, 1.165) is 46.9 Å². The summed E-state index contributed by atoms with van der Waals surface area (Å²) in [7, 11) is 17.9. The minimum atomic E-state index is 0.971. The van der Waals surface area contributed by atoms with Gasteiger partial charge < -0.3 is 18.8 Å². The Balaban J connectivity index is 1.10. The molecule has 0 aliphatic carbocycles. The van der Waals surface area contributed by atoms with E-state index in [0.29, 0.717) is 0 Å². The van der Waals surface area contributed by atoms with Gasteiger partial charge in [0.1, 0.15) is 24.8 Å². The van der Waals surface area contributed by atoms with Gasteiger partial charge in [0.2, 0.25) is 11.4 Å². The Bertz CT molecular complexity index is 1570. The van der Waals surface area contributed by atoms with Crippen LogP contribution in [0.15, 0.2) is 97.3 Å². The largest absolute Gasteiger partial charge is 0.374 e. The SMILES string of the molecule is CC[n+]1ccccc1/C=C/c1ccc(N(C)CCC[N+](C)(C)CSSC[N+](C)(C)CCCN(C)c2ccc(/C=C/c3cccc[n+]3CC)cc2)cc1. The first-order chi connectivity index (χ1) is 25.0. The van der Waals surface area contributed by atoms with Gasteiger partial charge in [-0.2, -0.15) is 9.13 Å². The Morgan fingerprint density at radius 3 is 1.29 bits per heavy atom. The molecule has 0 N–H and O–H groups in total. The molecule has 2 aromatic heterocycles. The van der Waals surface area contributed by atoms with Crippen LogP contribution in [-0.2, 0) is 13.1 Å². The van der Waals surface area contributed by atoms with Crippen molar-refractivity contribution in [3.63, 3.8) is 0 Å². The van der Waals surface area contributed by atoms with Crippen molar-refractivity contribution in [2.45, 2.75) is 39.8 Å². The fourth-order valence-electron chi connectivity index (χ4n) is 6.12. The Labute approximate surface area is 323 Å². The molecule has 0 radical (unpaired) electrons. The molecule has 0 amide bonds. The maximum absolute atomic E-state index is 2.38. The van der Waals surface area contributed by atoms with E-state index in [9.17, 15) is 0 Å². The number of benzene rings is 2. The van der Waals surface area contributed by atoms with Crippen LogP contribution in [0.5, 0.6) is 0 Å². The molecule has 4 rings (SSSR count). The van der Waals surface area contributed by atoms with E-state index in [1.807, 2.05) is 21.6 Å². The van der Waals surface area contributed by atoms with Crippen LogP contribution < -0.4 is 18.9 Å². The summed E-state index contributed by atoms with van der Waals surface area (Å²) in [5.41, 5.74) is 7.45. The summed E-state index contributed by atoms with van der Waals surface area (Å²) in [4.78, 5) is 4.77. The van der Waals surface area contributed by atoms with Crippen LogP contribution in [0.2, 0.25) is 0 Å². The van der Waals surface area contributed by atoms with Gasteiger partial charge in [0.05, 0.1) is 41.3 Å². The number of hydrogen-bond acceptors (Lipinski definition) is 4. The lowest BCUT2D eigenvalue weighted by atomic mass is 10.1. The smallest absolute Gasteiger partial charge is 0.205 e. The number of anilines is 2. The van der Waals surface area contributed by atoms with Gasteiger partial charge in [0, 0.05) is 87.8 Å². The number of nitrogens with zero attached hydrogens (tertiary/aromatic N) is 6. The Kier molecular flexibility index (Phi) is 16.3. The molecule has 0 atom stereocenters. The molecule has 6 nitrogen and oxygen atoms in total. The van der Waals surface area contributed by atoms with Gasteiger partial charge in [-0.05, 0) is 95.1 Å². The quantitative estimate of drug-likeness (QED) is 0.0280. The minimum Gasteiger partial charge on any atom is -0.374 e. The molecule has 278 valence electrons. The van der Waals surface area contributed by atoms with E-state index < -0.39 is 0 Å². The van der Waals surface area contributed by atoms with Crippen LogP contribution in [0, 0.1) is 0 Å². The number of quaternary nitrogens is 2. The molecule has 0 saturated carbocycles. The number of rotatable bonds is 21. The zero-order valence-electron chi connectivity index (χ0n) is 33.1. The van der Waals surface area contributed by atoms with Gasteiger partial charge in [0.25, 0.3) is 0 Å². The number of aromatic nitrogens is 2. The predicted molar refractivity (Wildman–Crippen MR) is 230 cm³/mol. The van der Waals surface area contributed by atoms with E-state index in [1.54, 1.807) is 0 Å². The molecule has 8 heteroatoms. The predicted octanol–water partition coefficient (Wildman–Crippen LogP) is 8.44. The van der Waals surface area contributed by atoms with Crippen molar-refractivity contribution in [2.75, 3.05) is 90.0 Å². The number of pyridine rings is 2. The van der Waals surface area contributed by atoms with Crippen LogP contribution >= 0.6 is 21.6 Å². The summed E-state index contributed by atoms with van der Waals surface area (Å²) in [6, 6.07) is 30.5. The van der Waals surface area contributed by atoms with Crippen molar-refractivity contribution in [1.29, 1.82) is 0 Å². The Morgan fingerprint density at radius 1 is 0.538 bits per heavy atom. The maximum atomic E-state index is 2.38. The second-order valence-corrected chi connectivity index (χ2v) is 17.4. The van der Waals surface area contributed by atoms with Crippen molar-refractivity contribution in [3.8, 4) is 0 Å². The normalized spacial score (nSPS) is 12.2. The first-order valence-corrected chi connectivity index (χ1v) is 21.3. The highest BCUT2D eigenvalue weighted by atomic mass is 33.1. The summed E-state index contributed by atoms with van der Waals surface area (Å²) in [5, 5.41) is 0. The van der Waals surface area contributed by atoms with Crippen LogP contribution in [0.1, 0.15) is 49.2 Å². The lowest BCUT2D eigenvalue weighted by molar-refractivity contribution is -0.878. The summed E-state index contributed by atoms with van der Waals surface area (Å²) >= 11 is 0. The fourth-order valence-corrected chi connectivity index (χ4v) is 9.26. The molecule has 0 spiro atoms. The Morgan fingerprint density at radius 2 is 0.923 bits per heavy atom.